The monoisotopic (exact) mass is 817 g/mol. The maximum absolute atomic E-state index is 14.6. The van der Waals surface area contributed by atoms with Gasteiger partial charge in [-0.1, -0.05) is 165 Å². The summed E-state index contributed by atoms with van der Waals surface area (Å²) < 4.78 is 3.86. The van der Waals surface area contributed by atoms with Crippen LogP contribution in [0, 0.1) is 0 Å². The second-order valence-corrected chi connectivity index (χ2v) is 17.0. The summed E-state index contributed by atoms with van der Waals surface area (Å²) in [5.74, 6) is 1.46. The van der Waals surface area contributed by atoms with Crippen molar-refractivity contribution in [1.29, 1.82) is 0 Å². The van der Waals surface area contributed by atoms with Crippen molar-refractivity contribution < 1.29 is 4.84 Å². The quantitative estimate of drug-likeness (QED) is 0.113. The molecule has 0 amide bonds. The number of fused-ring (bicyclic) bond motifs is 2. The summed E-state index contributed by atoms with van der Waals surface area (Å²) >= 11 is 0. The van der Waals surface area contributed by atoms with Crippen LogP contribution in [0.1, 0.15) is 86.0 Å². The first-order valence-electron chi connectivity index (χ1n) is 22.1. The summed E-state index contributed by atoms with van der Waals surface area (Å²) in [6, 6.07) is 54.8. The van der Waals surface area contributed by atoms with Crippen LogP contribution in [0.4, 0.5) is 0 Å². The van der Waals surface area contributed by atoms with Gasteiger partial charge in [-0.2, -0.15) is 5.06 Å². The molecule has 2 atom stereocenters. The van der Waals surface area contributed by atoms with Crippen molar-refractivity contribution in [3.05, 3.63) is 202 Å². The number of hydrogen-bond donors (Lipinski definition) is 0. The number of unbranched alkanes of at least 4 members (excludes halogenated alkanes) is 1. The Morgan fingerprint density at radius 1 is 0.758 bits per heavy atom. The molecule has 0 radical (unpaired) electrons. The summed E-state index contributed by atoms with van der Waals surface area (Å²) in [4.78, 5) is 26.3. The molecule has 9 heteroatoms. The fraction of sp³-hybridized carbons (Fsp3) is 0.264. The molecule has 4 heterocycles. The minimum Gasteiger partial charge on any atom is -0.292 e. The third kappa shape index (κ3) is 7.05. The average molecular weight is 818 g/mol. The van der Waals surface area contributed by atoms with Gasteiger partial charge in [0, 0.05) is 31.0 Å². The lowest BCUT2D eigenvalue weighted by molar-refractivity contribution is -0.209. The molecule has 310 valence electrons. The SMILES string of the molecule is CCCCc1nc2ccc([C@]3(C)C[C@H]4CCCCN4O3)cc2c(=O)n1Cc1ccc(-c2ccccc2-c2nnnn2C(c2ccccc2)(c2ccccc2)c2ccccc2)cc1. The summed E-state index contributed by atoms with van der Waals surface area (Å²) in [5.41, 5.74) is 7.47. The van der Waals surface area contributed by atoms with Gasteiger partial charge in [0.15, 0.2) is 5.82 Å². The van der Waals surface area contributed by atoms with Gasteiger partial charge in [0.2, 0.25) is 0 Å². The van der Waals surface area contributed by atoms with Crippen LogP contribution in [-0.2, 0) is 28.9 Å². The van der Waals surface area contributed by atoms with E-state index in [2.05, 4.69) is 145 Å². The van der Waals surface area contributed by atoms with Crippen LogP contribution >= 0.6 is 0 Å². The molecule has 6 aromatic carbocycles. The fourth-order valence-electron chi connectivity index (χ4n) is 9.89. The highest BCUT2D eigenvalue weighted by Gasteiger charge is 2.45. The van der Waals surface area contributed by atoms with Gasteiger partial charge in [0.25, 0.3) is 5.56 Å². The first-order chi connectivity index (χ1) is 30.5. The number of hydroxylamine groups is 2. The van der Waals surface area contributed by atoms with E-state index in [0.717, 1.165) is 101 Å². The van der Waals surface area contributed by atoms with E-state index < -0.39 is 11.1 Å². The fourth-order valence-corrected chi connectivity index (χ4v) is 9.89. The molecule has 2 fully saturated rings. The number of aryl methyl sites for hydroxylation is 1. The molecule has 0 bridgehead atoms. The zero-order valence-electron chi connectivity index (χ0n) is 35.4. The molecule has 0 saturated carbocycles. The van der Waals surface area contributed by atoms with E-state index >= 15 is 0 Å². The Morgan fingerprint density at radius 3 is 2.05 bits per heavy atom. The molecular weight excluding hydrogens is 767 g/mol. The number of piperidine rings is 1. The van der Waals surface area contributed by atoms with Gasteiger partial charge in [0.05, 0.1) is 17.4 Å². The second kappa shape index (κ2) is 16.7. The number of nitrogens with zero attached hydrogens (tertiary/aromatic N) is 7. The zero-order valence-corrected chi connectivity index (χ0v) is 35.4. The average Bonchev–Trinajstić information content (AvgIpc) is 3.96. The van der Waals surface area contributed by atoms with Gasteiger partial charge < -0.3 is 0 Å². The minimum atomic E-state index is -0.880. The molecule has 0 aliphatic carbocycles. The molecule has 2 aliphatic heterocycles. The van der Waals surface area contributed by atoms with Gasteiger partial charge in [-0.15, -0.1) is 5.10 Å². The zero-order chi connectivity index (χ0) is 42.1. The lowest BCUT2D eigenvalue weighted by Crippen LogP contribution is -2.39. The largest absolute Gasteiger partial charge is 0.292 e. The third-order valence-corrected chi connectivity index (χ3v) is 13.1. The Bertz CT molecular complexity index is 2760. The van der Waals surface area contributed by atoms with Crippen LogP contribution in [0.5, 0.6) is 0 Å². The molecule has 0 spiro atoms. The predicted molar refractivity (Wildman–Crippen MR) is 244 cm³/mol. The maximum atomic E-state index is 14.6. The van der Waals surface area contributed by atoms with Crippen LogP contribution < -0.4 is 5.56 Å². The smallest absolute Gasteiger partial charge is 0.261 e. The van der Waals surface area contributed by atoms with Crippen molar-refractivity contribution in [3.8, 4) is 22.5 Å². The van der Waals surface area contributed by atoms with Crippen LogP contribution in [0.3, 0.4) is 0 Å². The Morgan fingerprint density at radius 2 is 1.40 bits per heavy atom. The Kier molecular flexibility index (Phi) is 10.7. The molecule has 2 aliphatic rings. The summed E-state index contributed by atoms with van der Waals surface area (Å²) in [6.07, 6.45) is 7.17. The van der Waals surface area contributed by atoms with Gasteiger partial charge in [-0.05, 0) is 87.7 Å². The van der Waals surface area contributed by atoms with Gasteiger partial charge in [-0.3, -0.25) is 14.2 Å². The number of benzene rings is 6. The molecular formula is C53H51N7O2. The Hall–Kier alpha value is -6.55. The highest BCUT2D eigenvalue weighted by atomic mass is 16.7. The van der Waals surface area contributed by atoms with Crippen molar-refractivity contribution >= 4 is 10.9 Å². The highest BCUT2D eigenvalue weighted by molar-refractivity contribution is 5.81. The van der Waals surface area contributed by atoms with Crippen LogP contribution in [0.2, 0.25) is 0 Å². The first-order valence-corrected chi connectivity index (χ1v) is 22.1. The van der Waals surface area contributed by atoms with E-state index in [0.29, 0.717) is 23.8 Å². The van der Waals surface area contributed by atoms with Crippen molar-refractivity contribution in [3.63, 3.8) is 0 Å². The topological polar surface area (TPSA) is 91.0 Å². The van der Waals surface area contributed by atoms with E-state index in [1.807, 2.05) is 45.6 Å². The summed E-state index contributed by atoms with van der Waals surface area (Å²) in [7, 11) is 0. The summed E-state index contributed by atoms with van der Waals surface area (Å²) in [5, 5.41) is 16.7. The van der Waals surface area contributed by atoms with Crippen LogP contribution in [-0.4, -0.2) is 47.4 Å². The van der Waals surface area contributed by atoms with Crippen molar-refractivity contribution in [2.24, 2.45) is 0 Å². The van der Waals surface area contributed by atoms with Crippen molar-refractivity contribution in [2.75, 3.05) is 6.54 Å². The van der Waals surface area contributed by atoms with Gasteiger partial charge >= 0.3 is 0 Å². The summed E-state index contributed by atoms with van der Waals surface area (Å²) in [6.45, 7) is 5.72. The molecule has 62 heavy (non-hydrogen) atoms. The normalized spacial score (nSPS) is 17.9. The lowest BCUT2D eigenvalue weighted by atomic mass is 9.77. The molecule has 0 unspecified atom stereocenters. The number of hydrogen-bond acceptors (Lipinski definition) is 7. The molecule has 2 aromatic heterocycles. The van der Waals surface area contributed by atoms with Gasteiger partial charge in [0.1, 0.15) is 17.0 Å². The van der Waals surface area contributed by atoms with E-state index in [-0.39, 0.29) is 5.56 Å². The van der Waals surface area contributed by atoms with E-state index in [1.165, 1.54) is 6.42 Å². The third-order valence-electron chi connectivity index (χ3n) is 13.1. The van der Waals surface area contributed by atoms with Crippen molar-refractivity contribution in [2.45, 2.75) is 82.5 Å². The maximum Gasteiger partial charge on any atom is 0.261 e. The van der Waals surface area contributed by atoms with Crippen LogP contribution in [0.15, 0.2) is 163 Å². The number of aromatic nitrogens is 6. The lowest BCUT2D eigenvalue weighted by Gasteiger charge is -2.36. The van der Waals surface area contributed by atoms with E-state index in [4.69, 9.17) is 20.1 Å². The molecule has 9 nitrogen and oxygen atoms in total. The van der Waals surface area contributed by atoms with E-state index in [1.54, 1.807) is 0 Å². The minimum absolute atomic E-state index is 0.0118. The predicted octanol–water partition coefficient (Wildman–Crippen LogP) is 10.4. The van der Waals surface area contributed by atoms with Gasteiger partial charge in [-0.25, -0.2) is 9.67 Å². The number of tetrazole rings is 1. The molecule has 10 rings (SSSR count). The Balaban J connectivity index is 1.02. The first kappa shape index (κ1) is 39.6. The number of rotatable bonds is 12. The Labute approximate surface area is 362 Å². The standard InChI is InChI=1S/C53H51N7O2/c1-3-4-27-49-54-48-33-32-43(52(2)36-44-24-16-17-34-59(44)62-52)35-47(48)51(61)58(49)37-38-28-30-39(31-29-38)45-25-14-15-26-46(45)50-55-56-57-60(50)53(40-18-8-5-9-19-40,41-20-10-6-11-21-41)42-22-12-7-13-23-42/h5-15,18-23,25-26,28-33,35,44H,3-4,16-17,24,27,34,36-37H2,1-2H3/t44-,52+/m1/s1. The highest BCUT2D eigenvalue weighted by Crippen LogP contribution is 2.45. The van der Waals surface area contributed by atoms with Crippen molar-refractivity contribution in [1.82, 2.24) is 34.8 Å². The van der Waals surface area contributed by atoms with E-state index in [9.17, 15) is 4.79 Å². The molecule has 2 saturated heterocycles. The van der Waals surface area contributed by atoms with Crippen LogP contribution in [0.25, 0.3) is 33.4 Å². The molecule has 8 aromatic rings. The molecule has 0 N–H and O–H groups in total. The second-order valence-electron chi connectivity index (χ2n) is 17.0.